The third-order valence-corrected chi connectivity index (χ3v) is 10.7. The van der Waals surface area contributed by atoms with Crippen LogP contribution in [0.2, 0.25) is 0 Å². The van der Waals surface area contributed by atoms with Gasteiger partial charge in [0.05, 0.1) is 25.4 Å². The molecule has 1 rings (SSSR count). The number of carbonyl (C=O) groups excluding carboxylic acids is 1. The van der Waals surface area contributed by atoms with Crippen molar-refractivity contribution < 1.29 is 39.8 Å². The summed E-state index contributed by atoms with van der Waals surface area (Å²) in [6.07, 6.45) is 64.1. The second-order valence-corrected chi connectivity index (χ2v) is 16.5. The molecule has 0 spiro atoms. The van der Waals surface area contributed by atoms with E-state index < -0.39 is 49.5 Å². The number of aliphatic hydroxyl groups excluding tert-OH is 5. The predicted octanol–water partition coefficient (Wildman–Crippen LogP) is 11.6. The second kappa shape index (κ2) is 44.9. The predicted molar refractivity (Wildman–Crippen MR) is 276 cm³/mol. The zero-order chi connectivity index (χ0) is 48.0. The third-order valence-electron chi connectivity index (χ3n) is 10.7. The SMILES string of the molecule is CC/C=C\C/C=C\C/C=C\C/C=C\C/C=C\C/C=C\C/C=C\C/C=C\C/C=C\C/C=C\C/C=C\CCCCCCCC(=O)NC(COC1OC(CO)C(O)C(O)C1O)C(O)/C=C/CCCC. The van der Waals surface area contributed by atoms with Crippen LogP contribution in [0.4, 0.5) is 0 Å². The van der Waals surface area contributed by atoms with Crippen LogP contribution in [0.15, 0.2) is 146 Å². The van der Waals surface area contributed by atoms with Crippen molar-refractivity contribution in [2.75, 3.05) is 13.2 Å². The molecule has 9 heteroatoms. The van der Waals surface area contributed by atoms with Crippen LogP contribution in [0.25, 0.3) is 0 Å². The van der Waals surface area contributed by atoms with E-state index in [1.807, 2.05) is 6.08 Å². The average molecular weight is 916 g/mol. The van der Waals surface area contributed by atoms with Crippen molar-refractivity contribution in [3.63, 3.8) is 0 Å². The Labute approximate surface area is 400 Å². The van der Waals surface area contributed by atoms with E-state index in [2.05, 4.69) is 153 Å². The quantitative estimate of drug-likeness (QED) is 0.0264. The molecule has 370 valence electrons. The number of hydrogen-bond donors (Lipinski definition) is 6. The maximum absolute atomic E-state index is 12.8. The summed E-state index contributed by atoms with van der Waals surface area (Å²) in [7, 11) is 0. The number of carbonyl (C=O) groups is 1. The van der Waals surface area contributed by atoms with Crippen molar-refractivity contribution >= 4 is 5.91 Å². The second-order valence-electron chi connectivity index (χ2n) is 16.5. The van der Waals surface area contributed by atoms with Gasteiger partial charge in [0.25, 0.3) is 0 Å². The maximum Gasteiger partial charge on any atom is 0.220 e. The summed E-state index contributed by atoms with van der Waals surface area (Å²) in [6, 6.07) is -0.821. The Hall–Kier alpha value is -3.93. The number of unbranched alkanes of at least 4 members (excludes halogenated alkanes) is 7. The van der Waals surface area contributed by atoms with E-state index in [1.165, 1.54) is 0 Å². The molecule has 7 atom stereocenters. The molecule has 66 heavy (non-hydrogen) atoms. The van der Waals surface area contributed by atoms with Gasteiger partial charge < -0.3 is 40.3 Å². The molecule has 0 saturated carbocycles. The van der Waals surface area contributed by atoms with Crippen LogP contribution in [0.5, 0.6) is 0 Å². The summed E-state index contributed by atoms with van der Waals surface area (Å²) < 4.78 is 11.1. The summed E-state index contributed by atoms with van der Waals surface area (Å²) in [6.45, 7) is 3.45. The van der Waals surface area contributed by atoms with E-state index in [4.69, 9.17) is 9.47 Å². The van der Waals surface area contributed by atoms with E-state index in [-0.39, 0.29) is 12.5 Å². The molecule has 1 aliphatic heterocycles. The van der Waals surface area contributed by atoms with Crippen molar-refractivity contribution in [3.8, 4) is 0 Å². The Morgan fingerprint density at radius 2 is 0.939 bits per heavy atom. The van der Waals surface area contributed by atoms with E-state index in [0.717, 1.165) is 128 Å². The molecule has 0 aromatic carbocycles. The fourth-order valence-electron chi connectivity index (χ4n) is 6.67. The van der Waals surface area contributed by atoms with E-state index in [1.54, 1.807) is 6.08 Å². The van der Waals surface area contributed by atoms with Gasteiger partial charge in [-0.25, -0.2) is 0 Å². The highest BCUT2D eigenvalue weighted by Crippen LogP contribution is 2.22. The number of nitrogens with one attached hydrogen (secondary N) is 1. The molecule has 0 radical (unpaired) electrons. The minimum atomic E-state index is -1.58. The standard InChI is InChI=1S/C57H89NO8/c1-3-5-7-9-10-11-12-13-14-15-16-17-18-19-20-21-22-23-24-25-26-27-28-29-30-31-32-33-34-35-36-37-38-39-40-41-42-43-45-47-53(61)58-50(51(60)46-44-8-6-4-2)49-65-57-56(64)55(63)54(62)52(48-59)66-57/h5,7,10-11,13-14,16-17,19-20,22-23,25-26,28-29,31-32,34-35,37-38,44,46,50-52,54-57,59-60,62-64H,3-4,6,8-9,12,15,18,21,24,27,30,33,36,39-43,45,47-49H2,1-2H3,(H,58,61)/b7-5-,11-10-,14-13-,17-16-,20-19-,23-22-,26-25-,29-28-,32-31-,35-34-,38-37-,46-44+. The van der Waals surface area contributed by atoms with Crippen LogP contribution >= 0.6 is 0 Å². The Kier molecular flexibility index (Phi) is 40.9. The lowest BCUT2D eigenvalue weighted by Crippen LogP contribution is -2.60. The Bertz CT molecular complexity index is 1530. The Morgan fingerprint density at radius 3 is 1.38 bits per heavy atom. The van der Waals surface area contributed by atoms with E-state index >= 15 is 0 Å². The third kappa shape index (κ3) is 34.4. The lowest BCUT2D eigenvalue weighted by atomic mass is 9.99. The normalized spacial score (nSPS) is 21.1. The van der Waals surface area contributed by atoms with Gasteiger partial charge in [0, 0.05) is 6.42 Å². The summed E-state index contributed by atoms with van der Waals surface area (Å²) in [5, 5.41) is 53.6. The fourth-order valence-corrected chi connectivity index (χ4v) is 6.67. The molecule has 1 aliphatic rings. The van der Waals surface area contributed by atoms with Gasteiger partial charge in [-0.05, 0) is 96.3 Å². The summed E-state index contributed by atoms with van der Waals surface area (Å²) in [4.78, 5) is 12.8. The molecule has 7 unspecified atom stereocenters. The summed E-state index contributed by atoms with van der Waals surface area (Å²) >= 11 is 0. The van der Waals surface area contributed by atoms with Gasteiger partial charge in [0.15, 0.2) is 6.29 Å². The molecule has 9 nitrogen and oxygen atoms in total. The summed E-state index contributed by atoms with van der Waals surface area (Å²) in [5.74, 6) is -0.214. The van der Waals surface area contributed by atoms with Crippen LogP contribution < -0.4 is 5.32 Å². The lowest BCUT2D eigenvalue weighted by molar-refractivity contribution is -0.302. The van der Waals surface area contributed by atoms with Crippen LogP contribution in [0, 0.1) is 0 Å². The molecule has 0 aromatic rings. The minimum Gasteiger partial charge on any atom is -0.394 e. The molecule has 1 heterocycles. The Balaban J connectivity index is 2.10. The first-order valence-corrected chi connectivity index (χ1v) is 25.1. The number of allylic oxidation sites excluding steroid dienone is 23. The van der Waals surface area contributed by atoms with Crippen LogP contribution in [0.1, 0.15) is 149 Å². The topological polar surface area (TPSA) is 149 Å². The highest BCUT2D eigenvalue weighted by Gasteiger charge is 2.44. The molecule has 1 fully saturated rings. The number of hydrogen-bond acceptors (Lipinski definition) is 8. The first-order chi connectivity index (χ1) is 32.3. The van der Waals surface area contributed by atoms with Crippen molar-refractivity contribution in [2.45, 2.75) is 192 Å². The van der Waals surface area contributed by atoms with Gasteiger partial charge >= 0.3 is 0 Å². The average Bonchev–Trinajstić information content (AvgIpc) is 3.32. The lowest BCUT2D eigenvalue weighted by Gasteiger charge is -2.40. The van der Waals surface area contributed by atoms with Gasteiger partial charge in [0.2, 0.25) is 5.91 Å². The number of rotatable bonds is 39. The molecule has 0 aromatic heterocycles. The number of ether oxygens (including phenoxy) is 2. The first kappa shape index (κ1) is 60.1. The van der Waals surface area contributed by atoms with E-state index in [0.29, 0.717) is 6.42 Å². The fraction of sp³-hybridized carbons (Fsp3) is 0.561. The smallest absolute Gasteiger partial charge is 0.220 e. The maximum atomic E-state index is 12.8. The van der Waals surface area contributed by atoms with Gasteiger partial charge in [-0.2, -0.15) is 0 Å². The highest BCUT2D eigenvalue weighted by atomic mass is 16.7. The molecule has 1 saturated heterocycles. The number of aliphatic hydroxyl groups is 5. The molecule has 0 aliphatic carbocycles. The molecule has 1 amide bonds. The minimum absolute atomic E-state index is 0.210. The highest BCUT2D eigenvalue weighted by molar-refractivity contribution is 5.76. The van der Waals surface area contributed by atoms with Crippen LogP contribution in [-0.4, -0.2) is 87.5 Å². The van der Waals surface area contributed by atoms with Crippen LogP contribution in [0.3, 0.4) is 0 Å². The summed E-state index contributed by atoms with van der Waals surface area (Å²) in [5.41, 5.74) is 0. The van der Waals surface area contributed by atoms with E-state index in [9.17, 15) is 30.3 Å². The molecule has 0 bridgehead atoms. The monoisotopic (exact) mass is 916 g/mol. The van der Waals surface area contributed by atoms with Gasteiger partial charge in [-0.1, -0.05) is 192 Å². The van der Waals surface area contributed by atoms with Crippen molar-refractivity contribution in [1.29, 1.82) is 0 Å². The zero-order valence-corrected chi connectivity index (χ0v) is 40.6. The number of amides is 1. The largest absolute Gasteiger partial charge is 0.394 e. The molecular weight excluding hydrogens is 827 g/mol. The van der Waals surface area contributed by atoms with Gasteiger partial charge in [-0.15, -0.1) is 0 Å². The van der Waals surface area contributed by atoms with Gasteiger partial charge in [-0.3, -0.25) is 4.79 Å². The van der Waals surface area contributed by atoms with Crippen molar-refractivity contribution in [2.24, 2.45) is 0 Å². The first-order valence-electron chi connectivity index (χ1n) is 25.1. The zero-order valence-electron chi connectivity index (χ0n) is 40.6. The molecule has 6 N–H and O–H groups in total. The van der Waals surface area contributed by atoms with Crippen LogP contribution in [-0.2, 0) is 14.3 Å². The van der Waals surface area contributed by atoms with Gasteiger partial charge in [0.1, 0.15) is 24.4 Å². The van der Waals surface area contributed by atoms with Crippen molar-refractivity contribution in [3.05, 3.63) is 146 Å². The van der Waals surface area contributed by atoms with Crippen molar-refractivity contribution in [1.82, 2.24) is 5.32 Å². The molecular formula is C57H89NO8. The Morgan fingerprint density at radius 1 is 0.530 bits per heavy atom.